The molecule has 0 spiro atoms. The van der Waals surface area contributed by atoms with Gasteiger partial charge in [-0.3, -0.25) is 0 Å². The molecule has 4 nitrogen and oxygen atoms in total. The molecule has 4 heteroatoms. The van der Waals surface area contributed by atoms with Crippen molar-refractivity contribution in [1.82, 2.24) is 0 Å². The number of nitriles is 2. The lowest BCUT2D eigenvalue weighted by Gasteiger charge is -2.08. The molecule has 0 radical (unpaired) electrons. The molecule has 0 aliphatic carbocycles. The molecule has 0 aliphatic heterocycles. The van der Waals surface area contributed by atoms with Crippen molar-refractivity contribution in [1.29, 1.82) is 10.5 Å². The Morgan fingerprint density at radius 3 is 1.39 bits per heavy atom. The van der Waals surface area contributed by atoms with E-state index in [2.05, 4.69) is 36.4 Å². The molecule has 0 N–H and O–H groups in total. The summed E-state index contributed by atoms with van der Waals surface area (Å²) in [5.74, 6) is 0.627. The molecule has 128 valence electrons. The summed E-state index contributed by atoms with van der Waals surface area (Å²) in [5, 5.41) is 26.6. The molecule has 0 saturated carbocycles. The molecule has 0 atom stereocenters. The number of hydrogen-bond donors (Lipinski definition) is 0. The minimum Gasteiger partial charge on any atom is -0.446 e. The highest BCUT2D eigenvalue weighted by Crippen LogP contribution is 2.36. The number of rotatable bonds is 0. The van der Waals surface area contributed by atoms with Gasteiger partial charge in [0.1, 0.15) is 23.3 Å². The van der Waals surface area contributed by atoms with Gasteiger partial charge in [-0.1, -0.05) is 24.3 Å². The third-order valence-corrected chi connectivity index (χ3v) is 5.33. The normalized spacial score (nSPS) is 11.5. The Kier molecular flexibility index (Phi) is 2.72. The van der Waals surface area contributed by atoms with Crippen LogP contribution in [0.4, 0.5) is 0 Å². The van der Waals surface area contributed by atoms with Gasteiger partial charge >= 0.3 is 0 Å². The maximum Gasteiger partial charge on any atom is 0.204 e. The summed E-state index contributed by atoms with van der Waals surface area (Å²) in [6.07, 6.45) is 0. The van der Waals surface area contributed by atoms with Crippen LogP contribution in [0.1, 0.15) is 11.5 Å². The summed E-state index contributed by atoms with van der Waals surface area (Å²) in [5.41, 5.74) is 1.41. The second-order valence-corrected chi connectivity index (χ2v) is 6.89. The van der Waals surface area contributed by atoms with Gasteiger partial charge in [0.2, 0.25) is 11.5 Å². The van der Waals surface area contributed by atoms with Crippen molar-refractivity contribution in [3.63, 3.8) is 0 Å². The van der Waals surface area contributed by atoms with Gasteiger partial charge in [0.05, 0.1) is 0 Å². The van der Waals surface area contributed by atoms with Gasteiger partial charge in [-0.2, -0.15) is 10.5 Å². The first-order chi connectivity index (χ1) is 13.7. The maximum absolute atomic E-state index is 9.10. The van der Waals surface area contributed by atoms with Crippen LogP contribution in [0.3, 0.4) is 0 Å². The Bertz CT molecular complexity index is 1560. The Labute approximate surface area is 158 Å². The zero-order valence-electron chi connectivity index (χ0n) is 14.5. The number of furan rings is 2. The third-order valence-electron chi connectivity index (χ3n) is 5.33. The molecule has 0 aliphatic rings. The number of nitrogens with zero attached hydrogens (tertiary/aromatic N) is 2. The van der Waals surface area contributed by atoms with E-state index in [0.717, 1.165) is 43.1 Å². The van der Waals surface area contributed by atoms with E-state index >= 15 is 0 Å². The van der Waals surface area contributed by atoms with Crippen molar-refractivity contribution in [3.8, 4) is 12.1 Å². The molecule has 0 unspecified atom stereocenters. The second kappa shape index (κ2) is 5.13. The van der Waals surface area contributed by atoms with Crippen LogP contribution in [0, 0.1) is 22.7 Å². The van der Waals surface area contributed by atoms with E-state index < -0.39 is 0 Å². The van der Waals surface area contributed by atoms with Crippen LogP contribution in [0.15, 0.2) is 69.5 Å². The van der Waals surface area contributed by atoms with Gasteiger partial charge in [0, 0.05) is 22.9 Å². The van der Waals surface area contributed by atoms with Gasteiger partial charge in [-0.15, -0.1) is 0 Å². The number of benzene rings is 4. The van der Waals surface area contributed by atoms with Crippen LogP contribution in [0.25, 0.3) is 54.3 Å². The van der Waals surface area contributed by atoms with Crippen molar-refractivity contribution >= 4 is 54.3 Å². The highest BCUT2D eigenvalue weighted by atomic mass is 16.3. The van der Waals surface area contributed by atoms with E-state index in [0.29, 0.717) is 22.7 Å². The van der Waals surface area contributed by atoms with Gasteiger partial charge in [-0.25, -0.2) is 0 Å². The van der Waals surface area contributed by atoms with E-state index in [1.165, 1.54) is 0 Å². The molecule has 2 heterocycles. The van der Waals surface area contributed by atoms with Crippen molar-refractivity contribution in [2.45, 2.75) is 0 Å². The lowest BCUT2D eigenvalue weighted by molar-refractivity contribution is 0.599. The van der Waals surface area contributed by atoms with Crippen LogP contribution in [-0.2, 0) is 0 Å². The van der Waals surface area contributed by atoms with Crippen LogP contribution in [0.5, 0.6) is 0 Å². The number of fused-ring (bicyclic) bond motifs is 7. The number of hydrogen-bond acceptors (Lipinski definition) is 4. The predicted octanol–water partition coefficient (Wildman–Crippen LogP) is 6.38. The fourth-order valence-corrected chi connectivity index (χ4v) is 4.06. The quantitative estimate of drug-likeness (QED) is 0.295. The monoisotopic (exact) mass is 358 g/mol. The van der Waals surface area contributed by atoms with Crippen LogP contribution < -0.4 is 0 Å². The maximum atomic E-state index is 9.10. The molecule has 0 fully saturated rings. The van der Waals surface area contributed by atoms with Crippen LogP contribution >= 0.6 is 0 Å². The zero-order chi connectivity index (χ0) is 18.8. The largest absolute Gasteiger partial charge is 0.446 e. The van der Waals surface area contributed by atoms with Crippen LogP contribution in [0.2, 0.25) is 0 Å². The second-order valence-electron chi connectivity index (χ2n) is 6.89. The molecule has 28 heavy (non-hydrogen) atoms. The minimum absolute atomic E-state index is 0.313. The van der Waals surface area contributed by atoms with Gasteiger partial charge in [-0.05, 0) is 56.6 Å². The lowest BCUT2D eigenvalue weighted by Crippen LogP contribution is -1.81. The molecule has 2 aromatic heterocycles. The lowest BCUT2D eigenvalue weighted by atomic mass is 9.96. The Balaban J connectivity index is 1.74. The topological polar surface area (TPSA) is 73.9 Å². The van der Waals surface area contributed by atoms with Crippen molar-refractivity contribution in [2.75, 3.05) is 0 Å². The molecule has 0 bridgehead atoms. The zero-order valence-corrected chi connectivity index (χ0v) is 14.5. The first-order valence-corrected chi connectivity index (χ1v) is 8.80. The summed E-state index contributed by atoms with van der Waals surface area (Å²) in [4.78, 5) is 0. The molecule has 6 aromatic rings. The molecular formula is C24H10N2O2. The highest BCUT2D eigenvalue weighted by molar-refractivity contribution is 6.20. The average molecular weight is 358 g/mol. The van der Waals surface area contributed by atoms with Crippen molar-refractivity contribution in [2.24, 2.45) is 0 Å². The van der Waals surface area contributed by atoms with E-state index in [1.54, 1.807) is 12.1 Å². The van der Waals surface area contributed by atoms with Gasteiger partial charge in [0.15, 0.2) is 0 Å². The minimum atomic E-state index is 0.313. The van der Waals surface area contributed by atoms with E-state index in [4.69, 9.17) is 19.4 Å². The predicted molar refractivity (Wildman–Crippen MR) is 108 cm³/mol. The van der Waals surface area contributed by atoms with Gasteiger partial charge < -0.3 is 8.83 Å². The van der Waals surface area contributed by atoms with Crippen molar-refractivity contribution in [3.05, 3.63) is 72.2 Å². The fourth-order valence-electron chi connectivity index (χ4n) is 4.06. The van der Waals surface area contributed by atoms with E-state index in [-0.39, 0.29) is 0 Å². The van der Waals surface area contributed by atoms with E-state index in [1.807, 2.05) is 24.3 Å². The molecule has 0 amide bonds. The SMILES string of the molecule is N#Cc1cc2cc3ccc4c5cc6oc(C#N)cc6cc5ccc4c3cc2o1. The van der Waals surface area contributed by atoms with Crippen molar-refractivity contribution < 1.29 is 8.83 Å². The van der Waals surface area contributed by atoms with Crippen LogP contribution in [-0.4, -0.2) is 0 Å². The molecular weight excluding hydrogens is 348 g/mol. The standard InChI is InChI=1S/C24H10N2O2/c25-11-17-7-15-5-13-1-3-19-20(21(13)9-23(15)27-17)4-2-14-6-16-8-18(12-26)28-24(16)10-22(14)19/h1-10H. The van der Waals surface area contributed by atoms with E-state index in [9.17, 15) is 0 Å². The fraction of sp³-hybridized carbons (Fsp3) is 0. The summed E-state index contributed by atoms with van der Waals surface area (Å²) >= 11 is 0. The van der Waals surface area contributed by atoms with Gasteiger partial charge in [0.25, 0.3) is 0 Å². The Hall–Kier alpha value is -4.28. The molecule has 0 saturated heterocycles. The summed E-state index contributed by atoms with van der Waals surface area (Å²) in [6, 6.07) is 24.1. The summed E-state index contributed by atoms with van der Waals surface area (Å²) < 4.78 is 11.3. The molecule has 6 rings (SSSR count). The Morgan fingerprint density at radius 2 is 0.964 bits per heavy atom. The first-order valence-electron chi connectivity index (χ1n) is 8.80. The average Bonchev–Trinajstić information content (AvgIpc) is 3.32. The smallest absolute Gasteiger partial charge is 0.204 e. The Morgan fingerprint density at radius 1 is 0.500 bits per heavy atom. The summed E-state index contributed by atoms with van der Waals surface area (Å²) in [7, 11) is 0. The highest BCUT2D eigenvalue weighted by Gasteiger charge is 2.11. The first kappa shape index (κ1) is 14.8. The third kappa shape index (κ3) is 1.92. The molecule has 4 aromatic carbocycles. The summed E-state index contributed by atoms with van der Waals surface area (Å²) in [6.45, 7) is 0.